The third kappa shape index (κ3) is 3.57. The van der Waals surface area contributed by atoms with Gasteiger partial charge in [0.25, 0.3) is 0 Å². The molecule has 3 unspecified atom stereocenters. The van der Waals surface area contributed by atoms with Gasteiger partial charge in [-0.1, -0.05) is 16.7 Å². The Hall–Kier alpha value is -1.00. The number of phenolic OH excluding ortho intramolecular Hbond substituents is 1. The second-order valence-electron chi connectivity index (χ2n) is 9.28. The molecular weight excluding hydrogens is 456 g/mol. The Kier molecular flexibility index (Phi) is 5.62. The van der Waals surface area contributed by atoms with Crippen LogP contribution in [0.15, 0.2) is 17.0 Å². The lowest BCUT2D eigenvalue weighted by Gasteiger charge is -2.39. The van der Waals surface area contributed by atoms with Gasteiger partial charge in [-0.25, -0.2) is 3.63 Å². The summed E-state index contributed by atoms with van der Waals surface area (Å²) in [5.41, 5.74) is 0.905. The highest BCUT2D eigenvalue weighted by Gasteiger charge is 2.73. The van der Waals surface area contributed by atoms with Crippen molar-refractivity contribution < 1.29 is 34.7 Å². The molecule has 0 radical (unpaired) electrons. The topological polar surface area (TPSA) is 63.6 Å². The maximum atomic E-state index is 15.0. The van der Waals surface area contributed by atoms with Crippen molar-refractivity contribution in [2.45, 2.75) is 68.4 Å². The van der Waals surface area contributed by atoms with Crippen molar-refractivity contribution in [2.75, 3.05) is 11.5 Å². The van der Waals surface area contributed by atoms with E-state index in [4.69, 9.17) is 3.63 Å². The van der Waals surface area contributed by atoms with E-state index in [1.165, 1.54) is 12.1 Å². The molecule has 3 aliphatic rings. The lowest BCUT2D eigenvalue weighted by atomic mass is 9.84. The summed E-state index contributed by atoms with van der Waals surface area (Å²) >= 11 is 0. The van der Waals surface area contributed by atoms with Crippen LogP contribution in [0.25, 0.3) is 0 Å². The predicted molar refractivity (Wildman–Crippen MR) is 111 cm³/mol. The van der Waals surface area contributed by atoms with E-state index in [2.05, 4.69) is 0 Å². The average Bonchev–Trinajstić information content (AvgIpc) is 3.42. The van der Waals surface area contributed by atoms with Gasteiger partial charge in [-0.15, -0.1) is 0 Å². The van der Waals surface area contributed by atoms with Crippen molar-refractivity contribution in [3.05, 3.63) is 23.3 Å². The van der Waals surface area contributed by atoms with Gasteiger partial charge in [0.05, 0.1) is 0 Å². The fourth-order valence-electron chi connectivity index (χ4n) is 5.53. The molecule has 3 atom stereocenters. The minimum atomic E-state index is -5.91. The first kappa shape index (κ1) is 23.2. The van der Waals surface area contributed by atoms with Crippen molar-refractivity contribution in [2.24, 2.45) is 17.8 Å². The zero-order chi connectivity index (χ0) is 22.8. The van der Waals surface area contributed by atoms with Crippen LogP contribution >= 0.6 is 10.3 Å². The zero-order valence-electron chi connectivity index (χ0n) is 17.5. The first-order chi connectivity index (χ1) is 14.3. The minimum Gasteiger partial charge on any atom is -0.507 e. The minimum absolute atomic E-state index is 0.0207. The molecule has 1 aliphatic heterocycles. The van der Waals surface area contributed by atoms with E-state index in [1.54, 1.807) is 13.8 Å². The number of rotatable bonds is 6. The summed E-state index contributed by atoms with van der Waals surface area (Å²) in [5, 5.41) is 4.72. The normalized spacial score (nSPS) is 29.4. The van der Waals surface area contributed by atoms with Crippen LogP contribution in [0.1, 0.15) is 49.7 Å². The second kappa shape index (κ2) is 7.52. The van der Waals surface area contributed by atoms with Gasteiger partial charge in [0.1, 0.15) is 5.75 Å². The summed E-state index contributed by atoms with van der Waals surface area (Å²) in [6.07, 6.45) is 2.66. The monoisotopic (exact) mass is 484 g/mol. The van der Waals surface area contributed by atoms with E-state index in [0.29, 0.717) is 41.7 Å². The molecule has 1 heterocycles. The highest BCUT2D eigenvalue weighted by Crippen LogP contribution is 2.66. The molecular formula is C21H28F4O4S2. The molecule has 4 nitrogen and oxygen atoms in total. The molecule has 1 saturated heterocycles. The van der Waals surface area contributed by atoms with Crippen LogP contribution in [0.5, 0.6) is 5.75 Å². The molecule has 2 saturated carbocycles. The van der Waals surface area contributed by atoms with Gasteiger partial charge in [-0.05, 0) is 81.0 Å². The number of fused-ring (bicyclic) bond motifs is 2. The molecule has 10 heteroatoms. The van der Waals surface area contributed by atoms with Crippen molar-refractivity contribution in [3.8, 4) is 5.75 Å². The quantitative estimate of drug-likeness (QED) is 0.511. The first-order valence-corrected chi connectivity index (χ1v) is 13.9. The molecule has 31 heavy (non-hydrogen) atoms. The van der Waals surface area contributed by atoms with E-state index < -0.39 is 43.4 Å². The lowest BCUT2D eigenvalue weighted by molar-refractivity contribution is -0.202. The molecule has 1 N–H and O–H groups in total. The Morgan fingerprint density at radius 1 is 1.03 bits per heavy atom. The van der Waals surface area contributed by atoms with Gasteiger partial charge in [-0.3, -0.25) is 0 Å². The number of hydrogen-bond donors (Lipinski definition) is 1. The molecule has 0 spiro atoms. The van der Waals surface area contributed by atoms with E-state index >= 15 is 17.6 Å². The number of phenols is 1. The smallest absolute Gasteiger partial charge is 0.432 e. The summed E-state index contributed by atoms with van der Waals surface area (Å²) < 4.78 is 90.7. The van der Waals surface area contributed by atoms with Crippen LogP contribution in [0.4, 0.5) is 17.6 Å². The number of benzene rings is 1. The van der Waals surface area contributed by atoms with Crippen LogP contribution in [-0.4, -0.2) is 36.2 Å². The van der Waals surface area contributed by atoms with E-state index in [1.807, 2.05) is 0 Å². The molecule has 0 amide bonds. The van der Waals surface area contributed by atoms with Crippen molar-refractivity contribution >= 4 is 20.4 Å². The number of alkyl halides is 4. The second-order valence-corrected chi connectivity index (χ2v) is 14.2. The average molecular weight is 485 g/mol. The number of aryl methyl sites for hydroxylation is 2. The molecule has 0 aromatic heterocycles. The fraction of sp³-hybridized carbons (Fsp3) is 0.714. The largest absolute Gasteiger partial charge is 0.507 e. The van der Waals surface area contributed by atoms with Crippen LogP contribution < -0.4 is 0 Å². The number of aromatic hydroxyl groups is 1. The van der Waals surface area contributed by atoms with Crippen molar-refractivity contribution in [1.29, 1.82) is 0 Å². The lowest BCUT2D eigenvalue weighted by Crippen LogP contribution is -2.53. The predicted octanol–water partition coefficient (Wildman–Crippen LogP) is 5.89. The molecule has 3 fully saturated rings. The zero-order valence-corrected chi connectivity index (χ0v) is 19.2. The highest BCUT2D eigenvalue weighted by molar-refractivity contribution is 8.33. The summed E-state index contributed by atoms with van der Waals surface area (Å²) in [6, 6.07) is 3.04. The van der Waals surface area contributed by atoms with Crippen LogP contribution in [-0.2, 0) is 13.7 Å². The summed E-state index contributed by atoms with van der Waals surface area (Å²) in [4.78, 5) is 0.389. The summed E-state index contributed by atoms with van der Waals surface area (Å²) in [7, 11) is -8.66. The maximum absolute atomic E-state index is 15.0. The van der Waals surface area contributed by atoms with Crippen LogP contribution in [0.2, 0.25) is 0 Å². The molecule has 1 aromatic carbocycles. The summed E-state index contributed by atoms with van der Waals surface area (Å²) in [6.45, 7) is 3.22. The van der Waals surface area contributed by atoms with Gasteiger partial charge in [0.15, 0.2) is 0 Å². The molecule has 1 aromatic rings. The third-order valence-corrected chi connectivity index (χ3v) is 12.9. The Morgan fingerprint density at radius 3 is 2.10 bits per heavy atom. The molecule has 176 valence electrons. The Bertz CT molecular complexity index is 951. The van der Waals surface area contributed by atoms with Gasteiger partial charge in [0, 0.05) is 22.3 Å². The van der Waals surface area contributed by atoms with Crippen LogP contribution in [0.3, 0.4) is 0 Å². The van der Waals surface area contributed by atoms with Crippen molar-refractivity contribution in [3.63, 3.8) is 0 Å². The van der Waals surface area contributed by atoms with E-state index in [9.17, 15) is 13.5 Å². The first-order valence-electron chi connectivity index (χ1n) is 10.6. The van der Waals surface area contributed by atoms with Crippen molar-refractivity contribution in [1.82, 2.24) is 0 Å². The fourth-order valence-corrected chi connectivity index (χ4v) is 11.4. The van der Waals surface area contributed by atoms with Gasteiger partial charge < -0.3 is 5.11 Å². The number of hydrogen-bond acceptors (Lipinski definition) is 4. The third-order valence-electron chi connectivity index (χ3n) is 7.22. The number of halogens is 4. The van der Waals surface area contributed by atoms with Crippen LogP contribution in [0, 0.1) is 31.6 Å². The Morgan fingerprint density at radius 2 is 1.61 bits per heavy atom. The van der Waals surface area contributed by atoms with E-state index in [0.717, 1.165) is 6.42 Å². The van der Waals surface area contributed by atoms with Gasteiger partial charge >= 0.3 is 21.3 Å². The van der Waals surface area contributed by atoms with E-state index in [-0.39, 0.29) is 29.6 Å². The maximum Gasteiger partial charge on any atom is 0.432 e. The molecule has 2 bridgehead atoms. The molecule has 4 rings (SSSR count). The van der Waals surface area contributed by atoms with Gasteiger partial charge in [-0.2, -0.15) is 26.0 Å². The van der Waals surface area contributed by atoms with Gasteiger partial charge in [0.2, 0.25) is 0 Å². The Labute approximate surface area is 182 Å². The standard InChI is InChI=1S/C21H28F4O4S2/c1-13-9-17(10-14(2)19(13)26)30(7-3-4-8-30)29-31(27,28)21(24,25)20(22,23)18-12-15-5-6-16(18)11-15/h9-10,15-16,18,26H,3-8,11-12H2,1-2H3. The summed E-state index contributed by atoms with van der Waals surface area (Å²) in [5.74, 6) is -6.52. The molecule has 2 aliphatic carbocycles. The highest BCUT2D eigenvalue weighted by atomic mass is 32.3. The Balaban J connectivity index is 1.68. The SMILES string of the molecule is Cc1cc(S2(OS(=O)(=O)C(F)(F)C(F)(F)C3CC4CCC3C4)CCCC2)cc(C)c1O.